The monoisotopic (exact) mass is 269 g/mol. The zero-order valence-corrected chi connectivity index (χ0v) is 12.5. The SMILES string of the molecule is CCCNC(=O)C(C)N1CCCC(NC(C)C)C1=O. The summed E-state index contributed by atoms with van der Waals surface area (Å²) in [6.07, 6.45) is 2.71. The maximum Gasteiger partial charge on any atom is 0.242 e. The first-order chi connectivity index (χ1) is 8.97. The molecule has 2 unspecified atom stereocenters. The van der Waals surface area contributed by atoms with E-state index in [1.165, 1.54) is 0 Å². The van der Waals surface area contributed by atoms with Gasteiger partial charge in [0, 0.05) is 19.1 Å². The first kappa shape index (κ1) is 16.0. The molecule has 5 nitrogen and oxygen atoms in total. The molecule has 0 aromatic rings. The lowest BCUT2D eigenvalue weighted by atomic mass is 10.0. The average molecular weight is 269 g/mol. The number of nitrogens with one attached hydrogen (secondary N) is 2. The molecule has 1 heterocycles. The van der Waals surface area contributed by atoms with E-state index in [1.807, 2.05) is 20.8 Å². The zero-order chi connectivity index (χ0) is 14.4. The molecular weight excluding hydrogens is 242 g/mol. The molecule has 19 heavy (non-hydrogen) atoms. The van der Waals surface area contributed by atoms with E-state index in [4.69, 9.17) is 0 Å². The molecule has 1 aliphatic heterocycles. The molecule has 2 atom stereocenters. The van der Waals surface area contributed by atoms with E-state index in [1.54, 1.807) is 11.8 Å². The fourth-order valence-corrected chi connectivity index (χ4v) is 2.38. The highest BCUT2D eigenvalue weighted by molar-refractivity contribution is 5.90. The maximum absolute atomic E-state index is 12.4. The van der Waals surface area contributed by atoms with Crippen molar-refractivity contribution < 1.29 is 9.59 Å². The van der Waals surface area contributed by atoms with Crippen LogP contribution in [0.2, 0.25) is 0 Å². The molecule has 5 heteroatoms. The Bertz CT molecular complexity index is 318. The molecule has 0 aromatic heterocycles. The van der Waals surface area contributed by atoms with Crippen molar-refractivity contribution in [2.24, 2.45) is 0 Å². The third-order valence-corrected chi connectivity index (χ3v) is 3.40. The van der Waals surface area contributed by atoms with Gasteiger partial charge in [-0.25, -0.2) is 0 Å². The van der Waals surface area contributed by atoms with Crippen LogP contribution in [-0.4, -0.2) is 47.9 Å². The first-order valence-electron chi connectivity index (χ1n) is 7.31. The number of hydrogen-bond donors (Lipinski definition) is 2. The van der Waals surface area contributed by atoms with E-state index in [9.17, 15) is 9.59 Å². The van der Waals surface area contributed by atoms with Crippen molar-refractivity contribution in [3.05, 3.63) is 0 Å². The van der Waals surface area contributed by atoms with E-state index >= 15 is 0 Å². The molecule has 1 aliphatic rings. The molecule has 1 rings (SSSR count). The Labute approximate surface area is 116 Å². The molecule has 1 saturated heterocycles. The fourth-order valence-electron chi connectivity index (χ4n) is 2.38. The van der Waals surface area contributed by atoms with Gasteiger partial charge in [-0.05, 0) is 26.2 Å². The van der Waals surface area contributed by atoms with Crippen LogP contribution in [0.3, 0.4) is 0 Å². The van der Waals surface area contributed by atoms with Gasteiger partial charge in [-0.2, -0.15) is 0 Å². The lowest BCUT2D eigenvalue weighted by Gasteiger charge is -2.36. The molecule has 2 N–H and O–H groups in total. The summed E-state index contributed by atoms with van der Waals surface area (Å²) in [5.41, 5.74) is 0. The van der Waals surface area contributed by atoms with Crippen LogP contribution < -0.4 is 10.6 Å². The standard InChI is InChI=1S/C14H27N3O2/c1-5-8-15-13(18)11(4)17-9-6-7-12(14(17)19)16-10(2)3/h10-12,16H,5-9H2,1-4H3,(H,15,18). The summed E-state index contributed by atoms with van der Waals surface area (Å²) in [5, 5.41) is 6.13. The van der Waals surface area contributed by atoms with Gasteiger partial charge in [-0.15, -0.1) is 0 Å². The Hall–Kier alpha value is -1.10. The lowest BCUT2D eigenvalue weighted by Crippen LogP contribution is -2.57. The summed E-state index contributed by atoms with van der Waals surface area (Å²) in [6.45, 7) is 9.22. The Morgan fingerprint density at radius 1 is 1.42 bits per heavy atom. The van der Waals surface area contributed by atoms with Gasteiger partial charge in [0.05, 0.1) is 6.04 Å². The number of rotatable bonds is 6. The molecular formula is C14H27N3O2. The third-order valence-electron chi connectivity index (χ3n) is 3.40. The summed E-state index contributed by atoms with van der Waals surface area (Å²) in [5.74, 6) is -0.000467. The van der Waals surface area contributed by atoms with Crippen LogP contribution in [0.15, 0.2) is 0 Å². The first-order valence-corrected chi connectivity index (χ1v) is 7.31. The second-order valence-corrected chi connectivity index (χ2v) is 5.51. The Morgan fingerprint density at radius 2 is 2.11 bits per heavy atom. The lowest BCUT2D eigenvalue weighted by molar-refractivity contribution is -0.144. The van der Waals surface area contributed by atoms with Crippen LogP contribution in [-0.2, 0) is 9.59 Å². The number of piperidine rings is 1. The smallest absolute Gasteiger partial charge is 0.242 e. The Balaban J connectivity index is 2.60. The van der Waals surface area contributed by atoms with Crippen molar-refractivity contribution in [2.75, 3.05) is 13.1 Å². The highest BCUT2D eigenvalue weighted by atomic mass is 16.2. The summed E-state index contributed by atoms with van der Waals surface area (Å²) in [6, 6.07) is -0.246. The second kappa shape index (κ2) is 7.48. The molecule has 110 valence electrons. The van der Waals surface area contributed by atoms with E-state index in [0.29, 0.717) is 13.1 Å². The molecule has 0 saturated carbocycles. The quantitative estimate of drug-likeness (QED) is 0.753. The van der Waals surface area contributed by atoms with Crippen molar-refractivity contribution >= 4 is 11.8 Å². The predicted molar refractivity (Wildman–Crippen MR) is 75.8 cm³/mol. The number of carbonyl (C=O) groups is 2. The van der Waals surface area contributed by atoms with Crippen molar-refractivity contribution in [2.45, 2.75) is 65.1 Å². The maximum atomic E-state index is 12.4. The van der Waals surface area contributed by atoms with Crippen LogP contribution >= 0.6 is 0 Å². The van der Waals surface area contributed by atoms with E-state index in [-0.39, 0.29) is 29.9 Å². The summed E-state index contributed by atoms with van der Waals surface area (Å²) >= 11 is 0. The normalized spacial score (nSPS) is 21.6. The molecule has 0 aromatic carbocycles. The molecule has 0 radical (unpaired) electrons. The minimum atomic E-state index is -0.379. The number of likely N-dealkylation sites (tertiary alicyclic amines) is 1. The topological polar surface area (TPSA) is 61.4 Å². The van der Waals surface area contributed by atoms with Gasteiger partial charge in [-0.3, -0.25) is 9.59 Å². The van der Waals surface area contributed by atoms with E-state index in [2.05, 4.69) is 10.6 Å². The van der Waals surface area contributed by atoms with Crippen LogP contribution in [0, 0.1) is 0 Å². The molecule has 2 amide bonds. The zero-order valence-electron chi connectivity index (χ0n) is 12.5. The van der Waals surface area contributed by atoms with Crippen LogP contribution in [0.1, 0.15) is 47.0 Å². The minimum absolute atomic E-state index is 0.0547. The van der Waals surface area contributed by atoms with Crippen LogP contribution in [0.25, 0.3) is 0 Å². The summed E-state index contributed by atoms with van der Waals surface area (Å²) in [7, 11) is 0. The average Bonchev–Trinajstić information content (AvgIpc) is 2.37. The molecule has 0 spiro atoms. The predicted octanol–water partition coefficient (Wildman–Crippen LogP) is 0.890. The largest absolute Gasteiger partial charge is 0.354 e. The van der Waals surface area contributed by atoms with Gasteiger partial charge >= 0.3 is 0 Å². The molecule has 1 fully saturated rings. The van der Waals surface area contributed by atoms with Gasteiger partial charge < -0.3 is 15.5 Å². The Morgan fingerprint density at radius 3 is 2.68 bits per heavy atom. The minimum Gasteiger partial charge on any atom is -0.354 e. The second-order valence-electron chi connectivity index (χ2n) is 5.51. The third kappa shape index (κ3) is 4.49. The van der Waals surface area contributed by atoms with Crippen LogP contribution in [0.5, 0.6) is 0 Å². The van der Waals surface area contributed by atoms with Crippen molar-refractivity contribution in [3.8, 4) is 0 Å². The highest BCUT2D eigenvalue weighted by Gasteiger charge is 2.34. The van der Waals surface area contributed by atoms with E-state index in [0.717, 1.165) is 19.3 Å². The number of hydrogen-bond acceptors (Lipinski definition) is 3. The van der Waals surface area contributed by atoms with Crippen molar-refractivity contribution in [1.82, 2.24) is 15.5 Å². The molecule has 0 bridgehead atoms. The number of amides is 2. The van der Waals surface area contributed by atoms with Gasteiger partial charge in [0.2, 0.25) is 11.8 Å². The number of carbonyl (C=O) groups excluding carboxylic acids is 2. The summed E-state index contributed by atoms with van der Waals surface area (Å²) in [4.78, 5) is 26.0. The van der Waals surface area contributed by atoms with Gasteiger partial charge in [0.1, 0.15) is 6.04 Å². The molecule has 0 aliphatic carbocycles. The van der Waals surface area contributed by atoms with Gasteiger partial charge in [0.15, 0.2) is 0 Å². The van der Waals surface area contributed by atoms with Crippen molar-refractivity contribution in [1.29, 1.82) is 0 Å². The van der Waals surface area contributed by atoms with Crippen molar-refractivity contribution in [3.63, 3.8) is 0 Å². The van der Waals surface area contributed by atoms with Gasteiger partial charge in [-0.1, -0.05) is 20.8 Å². The number of nitrogens with zero attached hydrogens (tertiary/aromatic N) is 1. The van der Waals surface area contributed by atoms with Crippen LogP contribution in [0.4, 0.5) is 0 Å². The van der Waals surface area contributed by atoms with Gasteiger partial charge in [0.25, 0.3) is 0 Å². The fraction of sp³-hybridized carbons (Fsp3) is 0.857. The van der Waals surface area contributed by atoms with E-state index < -0.39 is 0 Å². The summed E-state index contributed by atoms with van der Waals surface area (Å²) < 4.78 is 0. The highest BCUT2D eigenvalue weighted by Crippen LogP contribution is 2.15. The Kier molecular flexibility index (Phi) is 6.28.